The van der Waals surface area contributed by atoms with Gasteiger partial charge in [-0.05, 0) is 45.8 Å². The van der Waals surface area contributed by atoms with Crippen molar-refractivity contribution in [2.45, 2.75) is 6.61 Å². The first-order valence-corrected chi connectivity index (χ1v) is 9.67. The maximum atomic E-state index is 12.3. The van der Waals surface area contributed by atoms with Crippen molar-refractivity contribution >= 4 is 45.5 Å². The van der Waals surface area contributed by atoms with Crippen LogP contribution in [-0.4, -0.2) is 23.4 Å². The maximum absolute atomic E-state index is 12.3. The molecule has 0 aromatic heterocycles. The average Bonchev–Trinajstić information content (AvgIpc) is 2.95. The zero-order valence-electron chi connectivity index (χ0n) is 15.1. The van der Waals surface area contributed by atoms with E-state index in [0.29, 0.717) is 26.4 Å². The van der Waals surface area contributed by atoms with E-state index in [0.717, 1.165) is 10.5 Å². The molecule has 0 aliphatic carbocycles. The van der Waals surface area contributed by atoms with E-state index in [4.69, 9.17) is 16.3 Å². The number of hydrogen-bond donors (Lipinski definition) is 1. The summed E-state index contributed by atoms with van der Waals surface area (Å²) in [5.74, 6) is -0.0211. The second-order valence-corrected chi connectivity index (χ2v) is 7.33. The maximum Gasteiger partial charge on any atom is 0.329 e. The molecule has 29 heavy (non-hydrogen) atoms. The summed E-state index contributed by atoms with van der Waals surface area (Å²) >= 11 is 9.78. The quantitative estimate of drug-likeness (QED) is 0.377. The zero-order chi connectivity index (χ0) is 21.0. The lowest BCUT2D eigenvalue weighted by atomic mass is 10.1. The Hall–Kier alpha value is -3.08. The molecule has 1 heterocycles. The molecule has 0 saturated carbocycles. The molecule has 1 N–H and O–H groups in total. The van der Waals surface area contributed by atoms with Crippen molar-refractivity contribution in [3.8, 4) is 11.8 Å². The first-order valence-electron chi connectivity index (χ1n) is 8.50. The van der Waals surface area contributed by atoms with Gasteiger partial charge in [0, 0.05) is 12.1 Å². The second kappa shape index (κ2) is 8.95. The van der Waals surface area contributed by atoms with E-state index in [1.807, 2.05) is 12.1 Å². The van der Waals surface area contributed by atoms with E-state index in [2.05, 4.69) is 33.9 Å². The highest BCUT2D eigenvalue weighted by Gasteiger charge is 2.32. The Morgan fingerprint density at radius 1 is 1.31 bits per heavy atom. The van der Waals surface area contributed by atoms with Crippen LogP contribution in [0.15, 0.2) is 59.2 Å². The molecule has 0 bridgehead atoms. The van der Waals surface area contributed by atoms with Gasteiger partial charge in [0.25, 0.3) is 5.91 Å². The molecule has 146 valence electrons. The third-order valence-corrected chi connectivity index (χ3v) is 4.99. The molecule has 6 nitrogen and oxygen atoms in total. The van der Waals surface area contributed by atoms with Gasteiger partial charge in [-0.25, -0.2) is 4.79 Å². The number of imide groups is 1. The largest absolute Gasteiger partial charge is 0.486 e. The number of carbonyl (C=O) groups is 2. The molecule has 0 unspecified atom stereocenters. The predicted molar refractivity (Wildman–Crippen MR) is 113 cm³/mol. The van der Waals surface area contributed by atoms with E-state index in [9.17, 15) is 14.9 Å². The highest BCUT2D eigenvalue weighted by molar-refractivity contribution is 9.10. The van der Waals surface area contributed by atoms with Crippen LogP contribution in [0.3, 0.4) is 0 Å². The van der Waals surface area contributed by atoms with Crippen LogP contribution in [0.5, 0.6) is 5.75 Å². The zero-order valence-corrected chi connectivity index (χ0v) is 17.5. The fourth-order valence-corrected chi connectivity index (χ4v) is 3.73. The van der Waals surface area contributed by atoms with Crippen molar-refractivity contribution in [2.75, 3.05) is 6.54 Å². The van der Waals surface area contributed by atoms with E-state index in [1.54, 1.807) is 24.3 Å². The average molecular weight is 473 g/mol. The first-order chi connectivity index (χ1) is 13.9. The Bertz CT molecular complexity index is 1050. The summed E-state index contributed by atoms with van der Waals surface area (Å²) in [6, 6.07) is 12.1. The number of amides is 3. The summed E-state index contributed by atoms with van der Waals surface area (Å²) in [7, 11) is 0. The Morgan fingerprint density at radius 3 is 2.76 bits per heavy atom. The van der Waals surface area contributed by atoms with Crippen LogP contribution >= 0.6 is 27.5 Å². The van der Waals surface area contributed by atoms with Crippen molar-refractivity contribution in [1.29, 1.82) is 5.26 Å². The predicted octanol–water partition coefficient (Wildman–Crippen LogP) is 4.63. The van der Waals surface area contributed by atoms with E-state index < -0.39 is 11.9 Å². The topological polar surface area (TPSA) is 82.4 Å². The number of hydrogen-bond acceptors (Lipinski definition) is 4. The molecule has 1 saturated heterocycles. The molecule has 1 aliphatic heterocycles. The molecular weight excluding hydrogens is 458 g/mol. The number of nitrogens with zero attached hydrogens (tertiary/aromatic N) is 2. The van der Waals surface area contributed by atoms with Crippen molar-refractivity contribution in [2.24, 2.45) is 0 Å². The Balaban J connectivity index is 1.81. The van der Waals surface area contributed by atoms with Crippen LogP contribution in [0.2, 0.25) is 5.02 Å². The summed E-state index contributed by atoms with van der Waals surface area (Å²) in [5.41, 5.74) is 2.03. The van der Waals surface area contributed by atoms with Crippen LogP contribution in [0.25, 0.3) is 6.08 Å². The van der Waals surface area contributed by atoms with E-state index in [-0.39, 0.29) is 18.8 Å². The standard InChI is InChI=1S/C21H15BrClN3O3/c1-2-7-26-20(27)18(25-21(26)28)10-13-8-16(22)19(17(23)9-13)29-12-15-6-4-3-5-14(15)11-24/h2-6,8-10H,1,7,12H2,(H,25,28)/b18-10+. The third kappa shape index (κ3) is 4.50. The van der Waals surface area contributed by atoms with Gasteiger partial charge < -0.3 is 10.1 Å². The van der Waals surface area contributed by atoms with E-state index >= 15 is 0 Å². The van der Waals surface area contributed by atoms with Crippen LogP contribution in [0.4, 0.5) is 4.79 Å². The number of nitrogens with one attached hydrogen (secondary N) is 1. The van der Waals surface area contributed by atoms with Gasteiger partial charge in [0.2, 0.25) is 0 Å². The van der Waals surface area contributed by atoms with Gasteiger partial charge in [-0.3, -0.25) is 9.69 Å². The van der Waals surface area contributed by atoms with Crippen LogP contribution in [0, 0.1) is 11.3 Å². The normalized spacial score (nSPS) is 14.7. The van der Waals surface area contributed by atoms with Crippen molar-refractivity contribution in [1.82, 2.24) is 10.2 Å². The fraction of sp³-hybridized carbons (Fsp3) is 0.0952. The molecular formula is C21H15BrClN3O3. The molecule has 0 radical (unpaired) electrons. The molecule has 2 aromatic rings. The van der Waals surface area contributed by atoms with Gasteiger partial charge in [0.1, 0.15) is 12.3 Å². The van der Waals surface area contributed by atoms with Crippen LogP contribution < -0.4 is 10.1 Å². The monoisotopic (exact) mass is 471 g/mol. The van der Waals surface area contributed by atoms with E-state index in [1.165, 1.54) is 12.2 Å². The summed E-state index contributed by atoms with van der Waals surface area (Å²) in [5, 5.41) is 12.0. The van der Waals surface area contributed by atoms with Gasteiger partial charge in [-0.1, -0.05) is 35.9 Å². The lowest BCUT2D eigenvalue weighted by Crippen LogP contribution is -2.30. The summed E-state index contributed by atoms with van der Waals surface area (Å²) in [6.07, 6.45) is 3.01. The molecule has 1 aliphatic rings. The highest BCUT2D eigenvalue weighted by Crippen LogP contribution is 2.36. The lowest BCUT2D eigenvalue weighted by Gasteiger charge is -2.12. The number of carbonyl (C=O) groups excluding carboxylic acids is 2. The Morgan fingerprint density at radius 2 is 2.07 bits per heavy atom. The fourth-order valence-electron chi connectivity index (χ4n) is 2.74. The summed E-state index contributed by atoms with van der Waals surface area (Å²) in [4.78, 5) is 25.2. The smallest absolute Gasteiger partial charge is 0.329 e. The van der Waals surface area contributed by atoms with Gasteiger partial charge in [-0.15, -0.1) is 6.58 Å². The van der Waals surface area contributed by atoms with Crippen LogP contribution in [0.1, 0.15) is 16.7 Å². The number of halogens is 2. The molecule has 0 spiro atoms. The SMILES string of the molecule is C=CCN1C(=O)N/C(=C/c2cc(Cl)c(OCc3ccccc3C#N)c(Br)c2)C1=O. The second-order valence-electron chi connectivity index (χ2n) is 6.06. The first kappa shape index (κ1) is 20.6. The van der Waals surface area contributed by atoms with Crippen molar-refractivity contribution in [3.63, 3.8) is 0 Å². The van der Waals surface area contributed by atoms with Gasteiger partial charge in [0.05, 0.1) is 21.1 Å². The summed E-state index contributed by atoms with van der Waals surface area (Å²) in [6.45, 7) is 3.84. The lowest BCUT2D eigenvalue weighted by molar-refractivity contribution is -0.122. The number of rotatable bonds is 6. The number of ether oxygens (including phenoxy) is 1. The summed E-state index contributed by atoms with van der Waals surface area (Å²) < 4.78 is 6.38. The minimum atomic E-state index is -0.498. The number of urea groups is 1. The molecule has 1 fully saturated rings. The molecule has 3 rings (SSSR count). The van der Waals surface area contributed by atoms with Crippen LogP contribution in [-0.2, 0) is 11.4 Å². The molecule has 3 amide bonds. The number of nitriles is 1. The van der Waals surface area contributed by atoms with Gasteiger partial charge in [-0.2, -0.15) is 5.26 Å². The van der Waals surface area contributed by atoms with Crippen molar-refractivity contribution < 1.29 is 14.3 Å². The Labute approximate surface area is 181 Å². The molecule has 8 heteroatoms. The Kier molecular flexibility index (Phi) is 6.37. The minimum Gasteiger partial charge on any atom is -0.486 e. The molecule has 0 atom stereocenters. The van der Waals surface area contributed by atoms with Gasteiger partial charge >= 0.3 is 6.03 Å². The number of benzene rings is 2. The molecule has 2 aromatic carbocycles. The van der Waals surface area contributed by atoms with Gasteiger partial charge in [0.15, 0.2) is 5.75 Å². The third-order valence-electron chi connectivity index (χ3n) is 4.12. The van der Waals surface area contributed by atoms with Crippen molar-refractivity contribution in [3.05, 3.63) is 80.9 Å². The highest BCUT2D eigenvalue weighted by atomic mass is 79.9. The minimum absolute atomic E-state index is 0.128.